The normalized spacial score (nSPS) is 11.0. The summed E-state index contributed by atoms with van der Waals surface area (Å²) in [5.74, 6) is 1.43. The van der Waals surface area contributed by atoms with E-state index in [1.54, 1.807) is 31.4 Å². The van der Waals surface area contributed by atoms with Gasteiger partial charge in [-0.3, -0.25) is 9.52 Å². The molecule has 2 aromatic heterocycles. The maximum absolute atomic E-state index is 12.6. The van der Waals surface area contributed by atoms with Gasteiger partial charge in [-0.15, -0.1) is 0 Å². The molecule has 36 heavy (non-hydrogen) atoms. The molecular weight excluding hydrogens is 502 g/mol. The molecule has 0 aliphatic carbocycles. The van der Waals surface area contributed by atoms with E-state index in [4.69, 9.17) is 4.74 Å². The first-order chi connectivity index (χ1) is 17.2. The summed E-state index contributed by atoms with van der Waals surface area (Å²) >= 11 is 0.863. The Morgan fingerprint density at radius 1 is 0.944 bits per heavy atom. The molecule has 13 heteroatoms. The van der Waals surface area contributed by atoms with Gasteiger partial charge in [0.25, 0.3) is 10.0 Å². The first-order valence-corrected chi connectivity index (χ1v) is 12.9. The fourth-order valence-corrected chi connectivity index (χ4v) is 5.19. The van der Waals surface area contributed by atoms with Gasteiger partial charge in [-0.05, 0) is 55.5 Å². The lowest BCUT2D eigenvalue weighted by Gasteiger charge is -2.11. The van der Waals surface area contributed by atoms with Crippen molar-refractivity contribution in [2.24, 2.45) is 0 Å². The molecule has 0 spiro atoms. The lowest BCUT2D eigenvalue weighted by molar-refractivity contribution is -0.114. The SMILES string of the molecule is COc1ccc(Nc2cc(C)nc(Nc3ccc(NS(=O)(=O)c4cnc(NC(C)=O)s4)cc3)n2)cc1. The second-order valence-electron chi connectivity index (χ2n) is 7.55. The van der Waals surface area contributed by atoms with E-state index in [0.717, 1.165) is 28.5 Å². The monoisotopic (exact) mass is 525 g/mol. The molecule has 1 amide bonds. The first-order valence-electron chi connectivity index (χ1n) is 10.6. The van der Waals surface area contributed by atoms with Crippen LogP contribution >= 0.6 is 11.3 Å². The summed E-state index contributed by atoms with van der Waals surface area (Å²) in [6.07, 6.45) is 1.20. The van der Waals surface area contributed by atoms with Crippen molar-refractivity contribution >= 4 is 61.2 Å². The van der Waals surface area contributed by atoms with Crippen LogP contribution in [0.3, 0.4) is 0 Å². The van der Waals surface area contributed by atoms with Crippen molar-refractivity contribution in [2.45, 2.75) is 18.1 Å². The number of hydrogen-bond donors (Lipinski definition) is 4. The predicted molar refractivity (Wildman–Crippen MR) is 140 cm³/mol. The van der Waals surface area contributed by atoms with Gasteiger partial charge < -0.3 is 20.7 Å². The number of thiazole rings is 1. The third-order valence-electron chi connectivity index (χ3n) is 4.64. The zero-order chi connectivity index (χ0) is 25.7. The highest BCUT2D eigenvalue weighted by Crippen LogP contribution is 2.26. The maximum atomic E-state index is 12.6. The Labute approximate surface area is 212 Å². The minimum atomic E-state index is -3.85. The second kappa shape index (κ2) is 10.6. The molecule has 0 aliphatic rings. The van der Waals surface area contributed by atoms with E-state index >= 15 is 0 Å². The van der Waals surface area contributed by atoms with Crippen LogP contribution in [0.1, 0.15) is 12.6 Å². The Balaban J connectivity index is 1.43. The zero-order valence-corrected chi connectivity index (χ0v) is 21.2. The van der Waals surface area contributed by atoms with E-state index in [9.17, 15) is 13.2 Å². The predicted octanol–water partition coefficient (Wildman–Crippen LogP) is 4.50. The van der Waals surface area contributed by atoms with Crippen molar-refractivity contribution in [1.82, 2.24) is 15.0 Å². The number of hydrogen-bond acceptors (Lipinski definition) is 10. The molecule has 0 bridgehead atoms. The van der Waals surface area contributed by atoms with Crippen LogP contribution in [0.4, 0.5) is 34.0 Å². The molecule has 0 radical (unpaired) electrons. The molecule has 11 nitrogen and oxygen atoms in total. The largest absolute Gasteiger partial charge is 0.497 e. The van der Waals surface area contributed by atoms with Crippen molar-refractivity contribution in [1.29, 1.82) is 0 Å². The summed E-state index contributed by atoms with van der Waals surface area (Å²) in [7, 11) is -2.24. The van der Waals surface area contributed by atoms with Crippen LogP contribution in [0.15, 0.2) is 65.0 Å². The molecule has 0 unspecified atom stereocenters. The number of methoxy groups -OCH3 is 1. The molecule has 0 aliphatic heterocycles. The Bertz CT molecular complexity index is 1470. The molecule has 4 rings (SSSR count). The highest BCUT2D eigenvalue weighted by atomic mass is 32.2. The number of amides is 1. The van der Waals surface area contributed by atoms with Gasteiger partial charge in [-0.2, -0.15) is 4.98 Å². The van der Waals surface area contributed by atoms with Crippen molar-refractivity contribution in [3.8, 4) is 5.75 Å². The summed E-state index contributed by atoms with van der Waals surface area (Å²) in [4.78, 5) is 24.0. The summed E-state index contributed by atoms with van der Waals surface area (Å²) in [5, 5.41) is 9.03. The second-order valence-corrected chi connectivity index (χ2v) is 10.5. The number of nitrogens with one attached hydrogen (secondary N) is 4. The number of benzene rings is 2. The molecule has 4 aromatic rings. The number of aromatic nitrogens is 3. The summed E-state index contributed by atoms with van der Waals surface area (Å²) in [5.41, 5.74) is 2.64. The highest BCUT2D eigenvalue weighted by molar-refractivity contribution is 7.94. The standard InChI is InChI=1S/C23H23N7O4S2/c1-14-12-20(27-16-8-10-19(34-3)11-9-16)29-22(25-14)28-17-4-6-18(7-5-17)30-36(32,33)21-13-24-23(35-21)26-15(2)31/h4-13,30H,1-3H3,(H,24,26,31)(H2,25,27,28,29). The van der Waals surface area contributed by atoms with Gasteiger partial charge in [0.15, 0.2) is 9.34 Å². The van der Waals surface area contributed by atoms with Gasteiger partial charge in [0.1, 0.15) is 11.6 Å². The summed E-state index contributed by atoms with van der Waals surface area (Å²) in [6.45, 7) is 3.18. The molecule has 0 saturated carbocycles. The summed E-state index contributed by atoms with van der Waals surface area (Å²) in [6, 6.07) is 15.9. The van der Waals surface area contributed by atoms with Crippen LogP contribution in [0.5, 0.6) is 5.75 Å². The number of carbonyl (C=O) groups is 1. The zero-order valence-electron chi connectivity index (χ0n) is 19.6. The first kappa shape index (κ1) is 24.9. The van der Waals surface area contributed by atoms with Crippen LogP contribution < -0.4 is 25.4 Å². The van der Waals surface area contributed by atoms with Gasteiger partial charge in [0, 0.05) is 35.7 Å². The van der Waals surface area contributed by atoms with E-state index < -0.39 is 10.0 Å². The molecule has 2 aromatic carbocycles. The third kappa shape index (κ3) is 6.46. The average Bonchev–Trinajstić information content (AvgIpc) is 3.29. The number of ether oxygens (including phenoxy) is 1. The molecule has 0 saturated heterocycles. The fraction of sp³-hybridized carbons (Fsp3) is 0.130. The highest BCUT2D eigenvalue weighted by Gasteiger charge is 2.18. The lowest BCUT2D eigenvalue weighted by atomic mass is 10.3. The number of carbonyl (C=O) groups excluding carboxylic acids is 1. The van der Waals surface area contributed by atoms with Crippen LogP contribution in [0.2, 0.25) is 0 Å². The van der Waals surface area contributed by atoms with E-state index in [1.807, 2.05) is 37.3 Å². The lowest BCUT2D eigenvalue weighted by Crippen LogP contribution is -2.11. The number of nitrogens with zero attached hydrogens (tertiary/aromatic N) is 3. The van der Waals surface area contributed by atoms with E-state index in [0.29, 0.717) is 23.1 Å². The molecular formula is C23H23N7O4S2. The molecule has 0 fully saturated rings. The van der Waals surface area contributed by atoms with E-state index in [1.165, 1.54) is 13.1 Å². The molecule has 186 valence electrons. The number of sulfonamides is 1. The maximum Gasteiger partial charge on any atom is 0.273 e. The Hall–Kier alpha value is -4.23. The Morgan fingerprint density at radius 3 is 2.25 bits per heavy atom. The van der Waals surface area contributed by atoms with Crippen molar-refractivity contribution < 1.29 is 17.9 Å². The van der Waals surface area contributed by atoms with Gasteiger partial charge in [0.2, 0.25) is 11.9 Å². The Kier molecular flexibility index (Phi) is 7.31. The van der Waals surface area contributed by atoms with Gasteiger partial charge in [0.05, 0.1) is 13.3 Å². The number of anilines is 6. The summed E-state index contributed by atoms with van der Waals surface area (Å²) < 4.78 is 32.9. The topological polar surface area (TPSA) is 147 Å². The molecule has 2 heterocycles. The van der Waals surface area contributed by atoms with Gasteiger partial charge >= 0.3 is 0 Å². The van der Waals surface area contributed by atoms with E-state index in [2.05, 4.69) is 35.6 Å². The van der Waals surface area contributed by atoms with Crippen LogP contribution in [-0.4, -0.2) is 36.4 Å². The third-order valence-corrected chi connectivity index (χ3v) is 7.40. The molecule has 0 atom stereocenters. The minimum absolute atomic E-state index is 0.0153. The number of aryl methyl sites for hydroxylation is 1. The van der Waals surface area contributed by atoms with Gasteiger partial charge in [-0.25, -0.2) is 18.4 Å². The van der Waals surface area contributed by atoms with Crippen molar-refractivity contribution in [2.75, 3.05) is 27.8 Å². The molecule has 4 N–H and O–H groups in total. The quantitative estimate of drug-likeness (QED) is 0.248. The number of rotatable bonds is 9. The van der Waals surface area contributed by atoms with Crippen molar-refractivity contribution in [3.05, 3.63) is 66.5 Å². The fourth-order valence-electron chi connectivity index (χ4n) is 3.06. The van der Waals surface area contributed by atoms with Gasteiger partial charge in [-0.1, -0.05) is 11.3 Å². The van der Waals surface area contributed by atoms with Crippen LogP contribution in [0, 0.1) is 6.92 Å². The van der Waals surface area contributed by atoms with E-state index in [-0.39, 0.29) is 15.2 Å². The Morgan fingerprint density at radius 2 is 1.58 bits per heavy atom. The van der Waals surface area contributed by atoms with Crippen molar-refractivity contribution in [3.63, 3.8) is 0 Å². The average molecular weight is 526 g/mol. The minimum Gasteiger partial charge on any atom is -0.497 e. The van der Waals surface area contributed by atoms with Crippen LogP contribution in [0.25, 0.3) is 0 Å². The van der Waals surface area contributed by atoms with Crippen LogP contribution in [-0.2, 0) is 14.8 Å². The smallest absolute Gasteiger partial charge is 0.273 e.